The van der Waals surface area contributed by atoms with E-state index in [1.807, 2.05) is 26.0 Å². The van der Waals surface area contributed by atoms with E-state index in [1.165, 1.54) is 6.08 Å². The molecule has 0 aliphatic carbocycles. The summed E-state index contributed by atoms with van der Waals surface area (Å²) in [5.41, 5.74) is 0. The summed E-state index contributed by atoms with van der Waals surface area (Å²) in [6, 6.07) is 3.87. The maximum absolute atomic E-state index is 11.5. The zero-order chi connectivity index (χ0) is 14.3. The van der Waals surface area contributed by atoms with E-state index in [1.54, 1.807) is 17.4 Å². The number of carbonyl (C=O) groups is 2. The quantitative estimate of drug-likeness (QED) is 0.615. The zero-order valence-corrected chi connectivity index (χ0v) is 13.3. The van der Waals surface area contributed by atoms with Crippen molar-refractivity contribution < 1.29 is 9.59 Å². The van der Waals surface area contributed by atoms with Crippen molar-refractivity contribution in [1.82, 2.24) is 10.6 Å². The van der Waals surface area contributed by atoms with Crippen molar-refractivity contribution in [2.75, 3.05) is 13.1 Å². The maximum atomic E-state index is 11.5. The molecule has 0 saturated heterocycles. The highest BCUT2D eigenvalue weighted by molar-refractivity contribution is 9.11. The second kappa shape index (κ2) is 8.12. The van der Waals surface area contributed by atoms with Crippen molar-refractivity contribution in [2.24, 2.45) is 5.92 Å². The topological polar surface area (TPSA) is 58.2 Å². The lowest BCUT2D eigenvalue weighted by atomic mass is 10.2. The first-order chi connectivity index (χ1) is 8.99. The third kappa shape index (κ3) is 6.54. The molecule has 2 amide bonds. The Hall–Kier alpha value is -1.14. The molecule has 1 aromatic rings. The number of amides is 2. The van der Waals surface area contributed by atoms with Gasteiger partial charge in [0.1, 0.15) is 0 Å². The summed E-state index contributed by atoms with van der Waals surface area (Å²) >= 11 is 4.92. The zero-order valence-electron chi connectivity index (χ0n) is 10.9. The summed E-state index contributed by atoms with van der Waals surface area (Å²) in [6.45, 7) is 4.53. The van der Waals surface area contributed by atoms with Crippen LogP contribution in [0.1, 0.15) is 18.7 Å². The van der Waals surface area contributed by atoms with Crippen LogP contribution in [0.2, 0.25) is 0 Å². The smallest absolute Gasteiger partial charge is 0.244 e. The lowest BCUT2D eigenvalue weighted by Crippen LogP contribution is -2.35. The fraction of sp³-hybridized carbons (Fsp3) is 0.385. The summed E-state index contributed by atoms with van der Waals surface area (Å²) < 4.78 is 1.03. The number of rotatable bonds is 6. The fourth-order valence-corrected chi connectivity index (χ4v) is 2.54. The van der Waals surface area contributed by atoms with Crippen LogP contribution < -0.4 is 10.6 Å². The van der Waals surface area contributed by atoms with Crippen LogP contribution in [-0.2, 0) is 9.59 Å². The Morgan fingerprint density at radius 3 is 2.58 bits per heavy atom. The lowest BCUT2D eigenvalue weighted by molar-refractivity contribution is -0.124. The average Bonchev–Trinajstić information content (AvgIpc) is 2.77. The first-order valence-electron chi connectivity index (χ1n) is 5.98. The molecule has 0 radical (unpaired) electrons. The molecule has 0 spiro atoms. The molecule has 0 unspecified atom stereocenters. The van der Waals surface area contributed by atoms with Crippen LogP contribution in [0.15, 0.2) is 22.0 Å². The molecule has 0 aliphatic heterocycles. The molecular formula is C13H17BrN2O2S. The number of hydrogen-bond acceptors (Lipinski definition) is 3. The van der Waals surface area contributed by atoms with Gasteiger partial charge in [-0.05, 0) is 34.1 Å². The van der Waals surface area contributed by atoms with Gasteiger partial charge in [-0.1, -0.05) is 13.8 Å². The van der Waals surface area contributed by atoms with Gasteiger partial charge in [0.25, 0.3) is 0 Å². The van der Waals surface area contributed by atoms with Crippen molar-refractivity contribution in [3.63, 3.8) is 0 Å². The summed E-state index contributed by atoms with van der Waals surface area (Å²) in [4.78, 5) is 23.8. The Morgan fingerprint density at radius 2 is 2.00 bits per heavy atom. The number of halogens is 1. The van der Waals surface area contributed by atoms with E-state index in [4.69, 9.17) is 0 Å². The Bertz CT molecular complexity index is 469. The first-order valence-corrected chi connectivity index (χ1v) is 7.59. The van der Waals surface area contributed by atoms with Crippen molar-refractivity contribution in [3.8, 4) is 0 Å². The molecule has 0 fully saturated rings. The molecule has 0 saturated carbocycles. The standard InChI is InChI=1S/C13H17BrN2O2S/c1-9(2)13(18)16-8-7-15-12(17)6-4-10-3-5-11(14)19-10/h3-6,9H,7-8H2,1-2H3,(H,15,17)(H,16,18). The molecule has 19 heavy (non-hydrogen) atoms. The maximum Gasteiger partial charge on any atom is 0.244 e. The summed E-state index contributed by atoms with van der Waals surface area (Å²) in [5, 5.41) is 5.44. The predicted molar refractivity (Wildman–Crippen MR) is 81.9 cm³/mol. The molecule has 0 aliphatic rings. The second-order valence-electron chi connectivity index (χ2n) is 4.21. The Kier molecular flexibility index (Phi) is 6.80. The van der Waals surface area contributed by atoms with Gasteiger partial charge < -0.3 is 10.6 Å². The molecule has 1 rings (SSSR count). The molecule has 104 valence electrons. The van der Waals surface area contributed by atoms with E-state index >= 15 is 0 Å². The van der Waals surface area contributed by atoms with Gasteiger partial charge in [0, 0.05) is 30.0 Å². The number of nitrogens with one attached hydrogen (secondary N) is 2. The van der Waals surface area contributed by atoms with Crippen LogP contribution in [0.25, 0.3) is 6.08 Å². The highest BCUT2D eigenvalue weighted by Gasteiger charge is 2.04. The van der Waals surface area contributed by atoms with Gasteiger partial charge in [-0.2, -0.15) is 0 Å². The highest BCUT2D eigenvalue weighted by atomic mass is 79.9. The Balaban J connectivity index is 2.21. The van der Waals surface area contributed by atoms with E-state index in [0.29, 0.717) is 13.1 Å². The van der Waals surface area contributed by atoms with E-state index in [2.05, 4.69) is 26.6 Å². The van der Waals surface area contributed by atoms with Crippen LogP contribution >= 0.6 is 27.3 Å². The molecule has 4 nitrogen and oxygen atoms in total. The minimum atomic E-state index is -0.164. The van der Waals surface area contributed by atoms with Gasteiger partial charge in [0.2, 0.25) is 11.8 Å². The van der Waals surface area contributed by atoms with Gasteiger partial charge in [-0.15, -0.1) is 11.3 Å². The summed E-state index contributed by atoms with van der Waals surface area (Å²) in [7, 11) is 0. The third-order valence-electron chi connectivity index (χ3n) is 2.24. The molecule has 0 bridgehead atoms. The van der Waals surface area contributed by atoms with Gasteiger partial charge in [0.05, 0.1) is 3.79 Å². The number of hydrogen-bond donors (Lipinski definition) is 2. The van der Waals surface area contributed by atoms with Gasteiger partial charge in [0.15, 0.2) is 0 Å². The van der Waals surface area contributed by atoms with Crippen molar-refractivity contribution in [1.29, 1.82) is 0 Å². The van der Waals surface area contributed by atoms with E-state index in [9.17, 15) is 9.59 Å². The SMILES string of the molecule is CC(C)C(=O)NCCNC(=O)C=Cc1ccc(Br)s1. The van der Waals surface area contributed by atoms with Crippen LogP contribution in [0.3, 0.4) is 0 Å². The highest BCUT2D eigenvalue weighted by Crippen LogP contribution is 2.22. The molecular weight excluding hydrogens is 328 g/mol. The molecule has 6 heteroatoms. The Labute approximate surface area is 125 Å². The third-order valence-corrected chi connectivity index (χ3v) is 3.83. The number of carbonyl (C=O) groups excluding carboxylic acids is 2. The van der Waals surface area contributed by atoms with Crippen LogP contribution in [-0.4, -0.2) is 24.9 Å². The monoisotopic (exact) mass is 344 g/mol. The van der Waals surface area contributed by atoms with Crippen molar-refractivity contribution >= 4 is 45.2 Å². The van der Waals surface area contributed by atoms with Gasteiger partial charge >= 0.3 is 0 Å². The molecule has 2 N–H and O–H groups in total. The van der Waals surface area contributed by atoms with Crippen LogP contribution in [0.5, 0.6) is 0 Å². The minimum absolute atomic E-state index is 0.00627. The predicted octanol–water partition coefficient (Wildman–Crippen LogP) is 2.41. The van der Waals surface area contributed by atoms with E-state index in [0.717, 1.165) is 8.66 Å². The fourth-order valence-electron chi connectivity index (χ4n) is 1.21. The summed E-state index contributed by atoms with van der Waals surface area (Å²) in [6.07, 6.45) is 3.25. The number of thiophene rings is 1. The normalized spacial score (nSPS) is 10.9. The van der Waals surface area contributed by atoms with Gasteiger partial charge in [-0.25, -0.2) is 0 Å². The van der Waals surface area contributed by atoms with E-state index < -0.39 is 0 Å². The van der Waals surface area contributed by atoms with Crippen LogP contribution in [0, 0.1) is 5.92 Å². The first kappa shape index (κ1) is 15.9. The molecule has 1 aromatic heterocycles. The molecule has 0 atom stereocenters. The van der Waals surface area contributed by atoms with Crippen LogP contribution in [0.4, 0.5) is 0 Å². The lowest BCUT2D eigenvalue weighted by Gasteiger charge is -2.07. The largest absolute Gasteiger partial charge is 0.354 e. The average molecular weight is 345 g/mol. The summed E-state index contributed by atoms with van der Waals surface area (Å²) in [5.74, 6) is -0.204. The van der Waals surface area contributed by atoms with Gasteiger partial charge in [-0.3, -0.25) is 9.59 Å². The van der Waals surface area contributed by atoms with Crippen molar-refractivity contribution in [2.45, 2.75) is 13.8 Å². The Morgan fingerprint density at radius 1 is 1.32 bits per heavy atom. The minimum Gasteiger partial charge on any atom is -0.354 e. The second-order valence-corrected chi connectivity index (χ2v) is 6.71. The molecule has 0 aromatic carbocycles. The van der Waals surface area contributed by atoms with Crippen molar-refractivity contribution in [3.05, 3.63) is 26.9 Å². The molecule has 1 heterocycles. The van der Waals surface area contributed by atoms with E-state index in [-0.39, 0.29) is 17.7 Å².